The predicted molar refractivity (Wildman–Crippen MR) is 112 cm³/mol. The maximum Gasteiger partial charge on any atom is 0.223 e. The van der Waals surface area contributed by atoms with E-state index in [1.807, 2.05) is 0 Å². The highest BCUT2D eigenvalue weighted by Crippen LogP contribution is 2.38. The van der Waals surface area contributed by atoms with Gasteiger partial charge >= 0.3 is 0 Å². The van der Waals surface area contributed by atoms with E-state index < -0.39 is 17.2 Å². The number of benzene rings is 1. The van der Waals surface area contributed by atoms with Crippen molar-refractivity contribution in [1.82, 2.24) is 15.0 Å². The zero-order valence-electron chi connectivity index (χ0n) is 16.8. The Morgan fingerprint density at radius 1 is 1.16 bits per heavy atom. The second-order valence-corrected chi connectivity index (χ2v) is 7.35. The summed E-state index contributed by atoms with van der Waals surface area (Å²) in [5.74, 6) is -1.92. The Balaban J connectivity index is 1.75. The van der Waals surface area contributed by atoms with Crippen LogP contribution in [0.15, 0.2) is 18.3 Å². The lowest BCUT2D eigenvalue weighted by molar-refractivity contribution is 0.0766. The summed E-state index contributed by atoms with van der Waals surface area (Å²) in [6.07, 6.45) is 2.21. The summed E-state index contributed by atoms with van der Waals surface area (Å²) in [5.41, 5.74) is 5.96. The van der Waals surface area contributed by atoms with Gasteiger partial charge in [-0.1, -0.05) is 11.6 Å². The van der Waals surface area contributed by atoms with E-state index in [1.54, 1.807) is 0 Å². The topological polar surface area (TPSA) is 104 Å². The summed E-state index contributed by atoms with van der Waals surface area (Å²) in [4.78, 5) is 12.8. The number of nitrogens with zero attached hydrogens (tertiary/aromatic N) is 3. The molecular weight excluding hydrogens is 432 g/mol. The highest BCUT2D eigenvalue weighted by atomic mass is 35.5. The maximum absolute atomic E-state index is 14.9. The van der Waals surface area contributed by atoms with Crippen molar-refractivity contribution in [1.29, 1.82) is 0 Å². The molecule has 1 aromatic carbocycles. The fourth-order valence-corrected chi connectivity index (χ4v) is 3.62. The molecular formula is C20H20ClF2N5O3. The molecule has 8 nitrogen and oxygen atoms in total. The van der Waals surface area contributed by atoms with Gasteiger partial charge in [-0.05, 0) is 12.5 Å². The molecule has 0 bridgehead atoms. The van der Waals surface area contributed by atoms with Crippen LogP contribution in [0.3, 0.4) is 0 Å². The minimum atomic E-state index is -0.922. The van der Waals surface area contributed by atoms with Crippen molar-refractivity contribution in [2.24, 2.45) is 5.73 Å². The number of pyridine rings is 1. The molecule has 0 saturated carbocycles. The van der Waals surface area contributed by atoms with Crippen molar-refractivity contribution in [2.75, 3.05) is 32.8 Å². The second-order valence-electron chi connectivity index (χ2n) is 6.99. The van der Waals surface area contributed by atoms with Crippen molar-refractivity contribution in [3.8, 4) is 22.8 Å². The van der Waals surface area contributed by atoms with E-state index in [0.717, 1.165) is 12.5 Å². The van der Waals surface area contributed by atoms with Gasteiger partial charge in [0, 0.05) is 30.3 Å². The zero-order chi connectivity index (χ0) is 22.1. The van der Waals surface area contributed by atoms with Gasteiger partial charge in [0.15, 0.2) is 28.3 Å². The number of halogens is 3. The van der Waals surface area contributed by atoms with Gasteiger partial charge in [-0.25, -0.2) is 23.7 Å². The fraction of sp³-hybridized carbons (Fsp3) is 0.350. The molecule has 3 heterocycles. The Hall–Kier alpha value is -2.82. The van der Waals surface area contributed by atoms with E-state index in [4.69, 9.17) is 31.5 Å². The molecule has 3 aromatic rings. The van der Waals surface area contributed by atoms with Gasteiger partial charge in [-0.2, -0.15) is 0 Å². The standard InChI is InChI=1S/C20H20ClF2N5O3/c1-29-13-6-14(30-2)17(23)15(16(13)22)11-5-9-7-25-20(28-18(9)19(21)26-11)27-12-8-31-4-3-10(12)24/h5-7,10,12H,3-4,8,24H2,1-2H3,(H,25,27,28). The van der Waals surface area contributed by atoms with Crippen LogP contribution < -0.4 is 20.5 Å². The zero-order valence-corrected chi connectivity index (χ0v) is 17.5. The summed E-state index contributed by atoms with van der Waals surface area (Å²) in [7, 11) is 2.54. The molecule has 4 rings (SSSR count). The van der Waals surface area contributed by atoms with E-state index in [0.29, 0.717) is 30.1 Å². The molecule has 164 valence electrons. The number of rotatable bonds is 5. The van der Waals surface area contributed by atoms with Gasteiger partial charge in [0.1, 0.15) is 5.52 Å². The summed E-state index contributed by atoms with van der Waals surface area (Å²) in [6.45, 7) is 1.04. The maximum atomic E-state index is 14.9. The van der Waals surface area contributed by atoms with Crippen LogP contribution in [-0.4, -0.2) is 54.5 Å². The molecule has 2 aromatic heterocycles. The van der Waals surface area contributed by atoms with Gasteiger partial charge < -0.3 is 25.3 Å². The molecule has 2 atom stereocenters. The summed E-state index contributed by atoms with van der Waals surface area (Å²) in [5, 5.41) is 3.54. The number of ether oxygens (including phenoxy) is 3. The summed E-state index contributed by atoms with van der Waals surface area (Å²) < 4.78 is 45.1. The van der Waals surface area contributed by atoms with E-state index in [9.17, 15) is 8.78 Å². The van der Waals surface area contributed by atoms with E-state index in [2.05, 4.69) is 20.3 Å². The molecule has 1 fully saturated rings. The third kappa shape index (κ3) is 4.06. The molecule has 0 spiro atoms. The third-order valence-corrected chi connectivity index (χ3v) is 5.34. The molecule has 0 amide bonds. The Morgan fingerprint density at radius 2 is 1.87 bits per heavy atom. The molecule has 2 unspecified atom stereocenters. The van der Waals surface area contributed by atoms with Crippen molar-refractivity contribution < 1.29 is 23.0 Å². The van der Waals surface area contributed by atoms with Crippen molar-refractivity contribution in [3.05, 3.63) is 35.1 Å². The first kappa shape index (κ1) is 21.4. The first-order chi connectivity index (χ1) is 14.9. The average Bonchev–Trinajstić information content (AvgIpc) is 2.76. The monoisotopic (exact) mass is 451 g/mol. The lowest BCUT2D eigenvalue weighted by atomic mass is 10.1. The van der Waals surface area contributed by atoms with Crippen LogP contribution in [0.5, 0.6) is 11.5 Å². The van der Waals surface area contributed by atoms with Crippen LogP contribution in [0, 0.1) is 11.6 Å². The van der Waals surface area contributed by atoms with E-state index in [-0.39, 0.29) is 34.4 Å². The number of aromatic nitrogens is 3. The second kappa shape index (κ2) is 8.74. The predicted octanol–water partition coefficient (Wildman–Crippen LogP) is 3.17. The van der Waals surface area contributed by atoms with Gasteiger partial charge in [0.2, 0.25) is 5.95 Å². The molecule has 3 N–H and O–H groups in total. The van der Waals surface area contributed by atoms with Crippen LogP contribution in [0.1, 0.15) is 6.42 Å². The van der Waals surface area contributed by atoms with Crippen LogP contribution in [0.2, 0.25) is 5.15 Å². The number of methoxy groups -OCH3 is 2. The minimum absolute atomic E-state index is 0.0391. The third-order valence-electron chi connectivity index (χ3n) is 5.08. The summed E-state index contributed by atoms with van der Waals surface area (Å²) >= 11 is 6.32. The Bertz CT molecular complexity index is 1110. The smallest absolute Gasteiger partial charge is 0.223 e. The molecule has 0 radical (unpaired) electrons. The minimum Gasteiger partial charge on any atom is -0.494 e. The summed E-state index contributed by atoms with van der Waals surface area (Å²) in [6, 6.07) is 2.32. The quantitative estimate of drug-likeness (QED) is 0.570. The first-order valence-corrected chi connectivity index (χ1v) is 9.84. The van der Waals surface area contributed by atoms with E-state index >= 15 is 0 Å². The van der Waals surface area contributed by atoms with Crippen LogP contribution >= 0.6 is 11.6 Å². The Morgan fingerprint density at radius 3 is 2.52 bits per heavy atom. The van der Waals surface area contributed by atoms with Crippen molar-refractivity contribution in [2.45, 2.75) is 18.5 Å². The van der Waals surface area contributed by atoms with Gasteiger partial charge in [-0.15, -0.1) is 0 Å². The largest absolute Gasteiger partial charge is 0.494 e. The molecule has 1 saturated heterocycles. The number of fused-ring (bicyclic) bond motifs is 1. The highest BCUT2D eigenvalue weighted by Gasteiger charge is 2.25. The lowest BCUT2D eigenvalue weighted by Gasteiger charge is -2.29. The van der Waals surface area contributed by atoms with Crippen LogP contribution in [-0.2, 0) is 4.74 Å². The SMILES string of the molecule is COc1cc(OC)c(F)c(-c2cc3cnc(NC4COCCC4N)nc3c(Cl)n2)c1F. The lowest BCUT2D eigenvalue weighted by Crippen LogP contribution is -2.47. The number of nitrogens with two attached hydrogens (primary N) is 1. The van der Waals surface area contributed by atoms with Gasteiger partial charge in [0.05, 0.1) is 38.1 Å². The van der Waals surface area contributed by atoms with Gasteiger partial charge in [0.25, 0.3) is 0 Å². The van der Waals surface area contributed by atoms with Crippen molar-refractivity contribution in [3.63, 3.8) is 0 Å². The van der Waals surface area contributed by atoms with Crippen molar-refractivity contribution >= 4 is 28.5 Å². The van der Waals surface area contributed by atoms with Crippen LogP contribution in [0.4, 0.5) is 14.7 Å². The number of hydrogen-bond donors (Lipinski definition) is 2. The number of anilines is 1. The molecule has 11 heteroatoms. The molecule has 31 heavy (non-hydrogen) atoms. The van der Waals surface area contributed by atoms with Gasteiger partial charge in [-0.3, -0.25) is 0 Å². The normalized spacial score (nSPS) is 18.8. The van der Waals surface area contributed by atoms with E-state index in [1.165, 1.54) is 26.5 Å². The Labute approximate surface area is 181 Å². The molecule has 0 aliphatic carbocycles. The first-order valence-electron chi connectivity index (χ1n) is 9.46. The molecule has 1 aliphatic heterocycles. The molecule has 1 aliphatic rings. The number of hydrogen-bond acceptors (Lipinski definition) is 8. The number of nitrogens with one attached hydrogen (secondary N) is 1. The highest BCUT2D eigenvalue weighted by molar-refractivity contribution is 6.34. The van der Waals surface area contributed by atoms with Crippen LogP contribution in [0.25, 0.3) is 22.2 Å². The fourth-order valence-electron chi connectivity index (χ4n) is 3.38. The Kier molecular flexibility index (Phi) is 6.03. The average molecular weight is 452 g/mol.